The van der Waals surface area contributed by atoms with E-state index < -0.39 is 18.0 Å². The standard InChI is InChI=1S/C13H17N3O3/c1-8(11(14)9-5-3-2-4-6-9)12(17)15-10-7-19-16-13(10)18/h2-6,8,10-11H,7,14H2,1H3,(H,15,17)(H,16,18)/t8?,10-,11?/m1/s1. The summed E-state index contributed by atoms with van der Waals surface area (Å²) in [6.45, 7) is 1.87. The van der Waals surface area contributed by atoms with Gasteiger partial charge in [0.05, 0.1) is 5.92 Å². The fourth-order valence-corrected chi connectivity index (χ4v) is 1.88. The maximum atomic E-state index is 12.0. The van der Waals surface area contributed by atoms with E-state index in [9.17, 15) is 9.59 Å². The second kappa shape index (κ2) is 5.81. The van der Waals surface area contributed by atoms with Gasteiger partial charge in [-0.05, 0) is 5.56 Å². The molecule has 19 heavy (non-hydrogen) atoms. The van der Waals surface area contributed by atoms with Gasteiger partial charge in [-0.1, -0.05) is 37.3 Å². The van der Waals surface area contributed by atoms with Crippen LogP contribution in [0.1, 0.15) is 18.5 Å². The second-order valence-electron chi connectivity index (χ2n) is 4.56. The number of amides is 2. The normalized spacial score (nSPS) is 21.6. The zero-order valence-electron chi connectivity index (χ0n) is 10.6. The number of hydroxylamine groups is 1. The molecule has 0 aromatic heterocycles. The smallest absolute Gasteiger partial charge is 0.268 e. The third-order valence-corrected chi connectivity index (χ3v) is 3.19. The molecule has 1 fully saturated rings. The van der Waals surface area contributed by atoms with E-state index >= 15 is 0 Å². The summed E-state index contributed by atoms with van der Waals surface area (Å²) in [5.41, 5.74) is 9.13. The summed E-state index contributed by atoms with van der Waals surface area (Å²) in [4.78, 5) is 28.1. The molecule has 3 atom stereocenters. The molecule has 1 saturated heterocycles. The van der Waals surface area contributed by atoms with Crippen LogP contribution in [-0.2, 0) is 14.4 Å². The van der Waals surface area contributed by atoms with Crippen molar-refractivity contribution < 1.29 is 14.4 Å². The molecule has 0 bridgehead atoms. The third kappa shape index (κ3) is 3.10. The summed E-state index contributed by atoms with van der Waals surface area (Å²) in [5.74, 6) is -1.04. The highest BCUT2D eigenvalue weighted by atomic mass is 16.7. The van der Waals surface area contributed by atoms with Crippen LogP contribution in [0.3, 0.4) is 0 Å². The molecule has 0 aliphatic carbocycles. The van der Waals surface area contributed by atoms with Crippen LogP contribution in [0.25, 0.3) is 0 Å². The van der Waals surface area contributed by atoms with E-state index in [1.54, 1.807) is 6.92 Å². The van der Waals surface area contributed by atoms with Crippen LogP contribution in [0.15, 0.2) is 30.3 Å². The molecule has 0 spiro atoms. The van der Waals surface area contributed by atoms with E-state index in [-0.39, 0.29) is 18.4 Å². The fourth-order valence-electron chi connectivity index (χ4n) is 1.88. The molecule has 2 amide bonds. The molecule has 6 nitrogen and oxygen atoms in total. The SMILES string of the molecule is CC(C(=O)N[C@@H]1CONC1=O)C(N)c1ccccc1. The molecule has 1 aromatic carbocycles. The summed E-state index contributed by atoms with van der Waals surface area (Å²) in [6.07, 6.45) is 0. The second-order valence-corrected chi connectivity index (χ2v) is 4.56. The van der Waals surface area contributed by atoms with Gasteiger partial charge in [-0.15, -0.1) is 0 Å². The lowest BCUT2D eigenvalue weighted by atomic mass is 9.94. The van der Waals surface area contributed by atoms with Gasteiger partial charge in [-0.25, -0.2) is 5.48 Å². The van der Waals surface area contributed by atoms with Crippen molar-refractivity contribution in [1.82, 2.24) is 10.8 Å². The van der Waals surface area contributed by atoms with Gasteiger partial charge in [-0.3, -0.25) is 14.4 Å². The molecule has 6 heteroatoms. The largest absolute Gasteiger partial charge is 0.342 e. The molecular weight excluding hydrogens is 246 g/mol. The van der Waals surface area contributed by atoms with Crippen molar-refractivity contribution in [2.75, 3.05) is 6.61 Å². The van der Waals surface area contributed by atoms with Crippen LogP contribution < -0.4 is 16.5 Å². The maximum Gasteiger partial charge on any atom is 0.268 e. The van der Waals surface area contributed by atoms with Gasteiger partial charge in [-0.2, -0.15) is 0 Å². The lowest BCUT2D eigenvalue weighted by Crippen LogP contribution is -2.45. The van der Waals surface area contributed by atoms with E-state index in [0.717, 1.165) is 5.56 Å². The minimum absolute atomic E-state index is 0.137. The Kier molecular flexibility index (Phi) is 4.13. The molecule has 4 N–H and O–H groups in total. The Hall–Kier alpha value is -1.92. The predicted molar refractivity (Wildman–Crippen MR) is 68.6 cm³/mol. The Morgan fingerprint density at radius 1 is 1.47 bits per heavy atom. The van der Waals surface area contributed by atoms with E-state index in [1.807, 2.05) is 30.3 Å². The first-order valence-electron chi connectivity index (χ1n) is 6.12. The van der Waals surface area contributed by atoms with Crippen molar-refractivity contribution in [3.05, 3.63) is 35.9 Å². The Balaban J connectivity index is 1.97. The van der Waals surface area contributed by atoms with Crippen molar-refractivity contribution in [3.8, 4) is 0 Å². The van der Waals surface area contributed by atoms with Crippen molar-refractivity contribution in [3.63, 3.8) is 0 Å². The van der Waals surface area contributed by atoms with E-state index in [0.29, 0.717) is 0 Å². The molecule has 2 unspecified atom stereocenters. The molecular formula is C13H17N3O3. The highest BCUT2D eigenvalue weighted by Gasteiger charge is 2.30. The van der Waals surface area contributed by atoms with Crippen LogP contribution in [0.2, 0.25) is 0 Å². The molecule has 1 aromatic rings. The topological polar surface area (TPSA) is 93.5 Å². The molecule has 1 heterocycles. The summed E-state index contributed by atoms with van der Waals surface area (Å²) >= 11 is 0. The number of nitrogens with two attached hydrogens (primary N) is 1. The highest BCUT2D eigenvalue weighted by Crippen LogP contribution is 2.19. The summed E-state index contributed by atoms with van der Waals surface area (Å²) < 4.78 is 0. The van der Waals surface area contributed by atoms with Crippen LogP contribution in [0.5, 0.6) is 0 Å². The number of hydrogen-bond donors (Lipinski definition) is 3. The number of carbonyl (C=O) groups excluding carboxylic acids is 2. The Morgan fingerprint density at radius 3 is 2.74 bits per heavy atom. The first-order chi connectivity index (χ1) is 9.09. The number of rotatable bonds is 4. The van der Waals surface area contributed by atoms with E-state index in [1.165, 1.54) is 0 Å². The average Bonchev–Trinajstić information content (AvgIpc) is 2.83. The van der Waals surface area contributed by atoms with Gasteiger partial charge >= 0.3 is 0 Å². The van der Waals surface area contributed by atoms with Crippen molar-refractivity contribution in [2.45, 2.75) is 19.0 Å². The molecule has 1 aliphatic heterocycles. The molecule has 2 rings (SSSR count). The summed E-state index contributed by atoms with van der Waals surface area (Å²) in [7, 11) is 0. The number of benzene rings is 1. The lowest BCUT2D eigenvalue weighted by Gasteiger charge is -2.20. The van der Waals surface area contributed by atoms with Gasteiger partial charge in [0.1, 0.15) is 12.6 Å². The Morgan fingerprint density at radius 2 is 2.16 bits per heavy atom. The predicted octanol–water partition coefficient (Wildman–Crippen LogP) is -0.131. The lowest BCUT2D eigenvalue weighted by molar-refractivity contribution is -0.130. The zero-order valence-corrected chi connectivity index (χ0v) is 10.6. The molecule has 0 saturated carbocycles. The summed E-state index contributed by atoms with van der Waals surface area (Å²) in [5, 5.41) is 2.62. The fraction of sp³-hybridized carbons (Fsp3) is 0.385. The van der Waals surface area contributed by atoms with Gasteiger partial charge < -0.3 is 11.1 Å². The quantitative estimate of drug-likeness (QED) is 0.705. The Bertz CT molecular complexity index is 463. The zero-order chi connectivity index (χ0) is 13.8. The monoisotopic (exact) mass is 263 g/mol. The third-order valence-electron chi connectivity index (χ3n) is 3.19. The van der Waals surface area contributed by atoms with Crippen LogP contribution >= 0.6 is 0 Å². The minimum atomic E-state index is -0.641. The number of carbonyl (C=O) groups is 2. The van der Waals surface area contributed by atoms with Crippen LogP contribution in [0.4, 0.5) is 0 Å². The molecule has 102 valence electrons. The van der Waals surface area contributed by atoms with Gasteiger partial charge in [0, 0.05) is 6.04 Å². The number of nitrogens with one attached hydrogen (secondary N) is 2. The molecule has 1 aliphatic rings. The maximum absolute atomic E-state index is 12.0. The van der Waals surface area contributed by atoms with Gasteiger partial charge in [0.15, 0.2) is 0 Å². The molecule has 0 radical (unpaired) electrons. The van der Waals surface area contributed by atoms with E-state index in [4.69, 9.17) is 10.6 Å². The van der Waals surface area contributed by atoms with Gasteiger partial charge in [0.25, 0.3) is 5.91 Å². The van der Waals surface area contributed by atoms with Crippen molar-refractivity contribution >= 4 is 11.8 Å². The number of hydrogen-bond acceptors (Lipinski definition) is 4. The highest BCUT2D eigenvalue weighted by molar-refractivity contribution is 5.89. The van der Waals surface area contributed by atoms with E-state index in [2.05, 4.69) is 10.8 Å². The van der Waals surface area contributed by atoms with Gasteiger partial charge in [0.2, 0.25) is 5.91 Å². The first-order valence-corrected chi connectivity index (χ1v) is 6.12. The summed E-state index contributed by atoms with van der Waals surface area (Å²) in [6, 6.07) is 8.33. The van der Waals surface area contributed by atoms with Crippen LogP contribution in [0, 0.1) is 5.92 Å². The average molecular weight is 263 g/mol. The van der Waals surface area contributed by atoms with Crippen molar-refractivity contribution in [2.24, 2.45) is 11.7 Å². The first kappa shape index (κ1) is 13.5. The van der Waals surface area contributed by atoms with Crippen LogP contribution in [-0.4, -0.2) is 24.5 Å². The Labute approximate surface area is 111 Å². The minimum Gasteiger partial charge on any atom is -0.342 e. The van der Waals surface area contributed by atoms with Crippen molar-refractivity contribution in [1.29, 1.82) is 0 Å².